The van der Waals surface area contributed by atoms with Crippen molar-refractivity contribution >= 4 is 11.6 Å². The Morgan fingerprint density at radius 1 is 1.11 bits per heavy atom. The molecule has 2 aromatic rings. The quantitative estimate of drug-likeness (QED) is 0.894. The molecule has 19 heavy (non-hydrogen) atoms. The summed E-state index contributed by atoms with van der Waals surface area (Å²) in [7, 11) is 0. The first-order valence-electron chi connectivity index (χ1n) is 6.29. The van der Waals surface area contributed by atoms with Crippen LogP contribution in [0.25, 0.3) is 11.1 Å². The molecule has 100 valence electrons. The van der Waals surface area contributed by atoms with Crippen molar-refractivity contribution < 1.29 is 9.84 Å². The molecule has 1 N–H and O–H groups in total. The Bertz CT molecular complexity index is 526. The SMILES string of the molecule is CC(CO)COc1ccc(-c2ccccc2)cc1Cl. The van der Waals surface area contributed by atoms with Gasteiger partial charge in [-0.2, -0.15) is 0 Å². The number of halogens is 1. The Labute approximate surface area is 118 Å². The van der Waals surface area contributed by atoms with Crippen LogP contribution in [0.2, 0.25) is 5.02 Å². The Morgan fingerprint density at radius 2 is 1.84 bits per heavy atom. The fourth-order valence-corrected chi connectivity index (χ4v) is 1.95. The van der Waals surface area contributed by atoms with Crippen LogP contribution >= 0.6 is 11.6 Å². The maximum Gasteiger partial charge on any atom is 0.137 e. The zero-order valence-corrected chi connectivity index (χ0v) is 11.6. The van der Waals surface area contributed by atoms with E-state index in [1.165, 1.54) is 0 Å². The molecule has 1 unspecified atom stereocenters. The van der Waals surface area contributed by atoms with Crippen molar-refractivity contribution in [2.45, 2.75) is 6.92 Å². The summed E-state index contributed by atoms with van der Waals surface area (Å²) in [5, 5.41) is 9.55. The second kappa shape index (κ2) is 6.60. The van der Waals surface area contributed by atoms with Crippen molar-refractivity contribution in [2.75, 3.05) is 13.2 Å². The van der Waals surface area contributed by atoms with Crippen molar-refractivity contribution in [1.82, 2.24) is 0 Å². The molecule has 0 aliphatic heterocycles. The van der Waals surface area contributed by atoms with Crippen LogP contribution < -0.4 is 4.74 Å². The van der Waals surface area contributed by atoms with E-state index in [0.717, 1.165) is 11.1 Å². The summed E-state index contributed by atoms with van der Waals surface area (Å²) in [6, 6.07) is 15.8. The average Bonchev–Trinajstić information content (AvgIpc) is 2.46. The van der Waals surface area contributed by atoms with Gasteiger partial charge in [-0.25, -0.2) is 0 Å². The zero-order chi connectivity index (χ0) is 13.7. The van der Waals surface area contributed by atoms with Crippen LogP contribution in [-0.4, -0.2) is 18.3 Å². The van der Waals surface area contributed by atoms with Gasteiger partial charge in [-0.05, 0) is 23.3 Å². The second-order valence-electron chi connectivity index (χ2n) is 4.61. The molecule has 0 bridgehead atoms. The molecule has 0 aromatic heterocycles. The maximum atomic E-state index is 8.96. The first-order chi connectivity index (χ1) is 9.20. The molecule has 0 fully saturated rings. The molecule has 2 nitrogen and oxygen atoms in total. The van der Waals surface area contributed by atoms with Crippen LogP contribution in [0.5, 0.6) is 5.75 Å². The molecule has 2 aromatic carbocycles. The number of rotatable bonds is 5. The Hall–Kier alpha value is -1.51. The van der Waals surface area contributed by atoms with Gasteiger partial charge < -0.3 is 9.84 Å². The van der Waals surface area contributed by atoms with Crippen LogP contribution in [-0.2, 0) is 0 Å². The van der Waals surface area contributed by atoms with E-state index < -0.39 is 0 Å². The van der Waals surface area contributed by atoms with E-state index in [1.807, 2.05) is 55.5 Å². The minimum Gasteiger partial charge on any atom is -0.492 e. The lowest BCUT2D eigenvalue weighted by molar-refractivity contribution is 0.174. The number of hydrogen-bond donors (Lipinski definition) is 1. The van der Waals surface area contributed by atoms with E-state index in [2.05, 4.69) is 0 Å². The minimum absolute atomic E-state index is 0.102. The molecule has 0 aliphatic carbocycles. The molecule has 0 radical (unpaired) electrons. The van der Waals surface area contributed by atoms with E-state index in [9.17, 15) is 0 Å². The van der Waals surface area contributed by atoms with Crippen molar-refractivity contribution in [3.8, 4) is 16.9 Å². The van der Waals surface area contributed by atoms with Gasteiger partial charge in [-0.15, -0.1) is 0 Å². The molecule has 0 aliphatic rings. The Morgan fingerprint density at radius 3 is 2.47 bits per heavy atom. The fraction of sp³-hybridized carbons (Fsp3) is 0.250. The molecule has 0 saturated heterocycles. The topological polar surface area (TPSA) is 29.5 Å². The van der Waals surface area contributed by atoms with E-state index in [4.69, 9.17) is 21.4 Å². The monoisotopic (exact) mass is 276 g/mol. The third kappa shape index (κ3) is 3.72. The third-order valence-corrected chi connectivity index (χ3v) is 3.17. The highest BCUT2D eigenvalue weighted by Crippen LogP contribution is 2.30. The average molecular weight is 277 g/mol. The number of benzene rings is 2. The van der Waals surface area contributed by atoms with Gasteiger partial charge in [0.05, 0.1) is 11.6 Å². The highest BCUT2D eigenvalue weighted by Gasteiger charge is 2.07. The summed E-state index contributed by atoms with van der Waals surface area (Å²) in [5.41, 5.74) is 2.19. The van der Waals surface area contributed by atoms with Gasteiger partial charge >= 0.3 is 0 Å². The predicted octanol–water partition coefficient (Wildman–Crippen LogP) is 4.01. The van der Waals surface area contributed by atoms with Gasteiger partial charge in [0.25, 0.3) is 0 Å². The summed E-state index contributed by atoms with van der Waals surface area (Å²) in [6.07, 6.45) is 0. The first-order valence-corrected chi connectivity index (χ1v) is 6.67. The van der Waals surface area contributed by atoms with Gasteiger partial charge in [0, 0.05) is 12.5 Å². The highest BCUT2D eigenvalue weighted by atomic mass is 35.5. The summed E-state index contributed by atoms with van der Waals surface area (Å²) in [4.78, 5) is 0. The van der Waals surface area contributed by atoms with Gasteiger partial charge in [0.1, 0.15) is 5.75 Å². The summed E-state index contributed by atoms with van der Waals surface area (Å²) < 4.78 is 5.59. The van der Waals surface area contributed by atoms with Crippen molar-refractivity contribution in [3.05, 3.63) is 53.6 Å². The summed E-state index contributed by atoms with van der Waals surface area (Å²) in [5.74, 6) is 0.756. The summed E-state index contributed by atoms with van der Waals surface area (Å²) >= 11 is 6.22. The normalized spacial score (nSPS) is 12.2. The number of aliphatic hydroxyl groups is 1. The van der Waals surface area contributed by atoms with Gasteiger partial charge in [0.15, 0.2) is 0 Å². The fourth-order valence-electron chi connectivity index (χ4n) is 1.71. The van der Waals surface area contributed by atoms with Crippen LogP contribution in [0.4, 0.5) is 0 Å². The summed E-state index contributed by atoms with van der Waals surface area (Å²) in [6.45, 7) is 2.49. The van der Waals surface area contributed by atoms with Gasteiger partial charge in [0.2, 0.25) is 0 Å². The molecule has 1 atom stereocenters. The van der Waals surface area contributed by atoms with Crippen LogP contribution in [0, 0.1) is 5.92 Å². The van der Waals surface area contributed by atoms with E-state index in [1.54, 1.807) is 0 Å². The van der Waals surface area contributed by atoms with Gasteiger partial charge in [-0.3, -0.25) is 0 Å². The van der Waals surface area contributed by atoms with E-state index in [0.29, 0.717) is 17.4 Å². The maximum absolute atomic E-state index is 8.96. The van der Waals surface area contributed by atoms with E-state index >= 15 is 0 Å². The lowest BCUT2D eigenvalue weighted by atomic mass is 10.1. The zero-order valence-electron chi connectivity index (χ0n) is 10.8. The van der Waals surface area contributed by atoms with E-state index in [-0.39, 0.29) is 12.5 Å². The largest absolute Gasteiger partial charge is 0.492 e. The molecular formula is C16H17ClO2. The lowest BCUT2D eigenvalue weighted by Gasteiger charge is -2.12. The number of ether oxygens (including phenoxy) is 1. The van der Waals surface area contributed by atoms with Crippen molar-refractivity contribution in [1.29, 1.82) is 0 Å². The first kappa shape index (κ1) is 13.9. The number of aliphatic hydroxyl groups excluding tert-OH is 1. The lowest BCUT2D eigenvalue weighted by Crippen LogP contribution is -2.12. The van der Waals surface area contributed by atoms with Crippen molar-refractivity contribution in [2.24, 2.45) is 5.92 Å². The molecule has 0 saturated carbocycles. The highest BCUT2D eigenvalue weighted by molar-refractivity contribution is 6.32. The molecule has 0 spiro atoms. The smallest absolute Gasteiger partial charge is 0.137 e. The van der Waals surface area contributed by atoms with Crippen LogP contribution in [0.15, 0.2) is 48.5 Å². The molecule has 3 heteroatoms. The van der Waals surface area contributed by atoms with Crippen molar-refractivity contribution in [3.63, 3.8) is 0 Å². The Balaban J connectivity index is 2.13. The Kier molecular flexibility index (Phi) is 4.83. The minimum atomic E-state index is 0.102. The second-order valence-corrected chi connectivity index (χ2v) is 5.02. The predicted molar refractivity (Wildman–Crippen MR) is 78.6 cm³/mol. The number of hydrogen-bond acceptors (Lipinski definition) is 2. The standard InChI is InChI=1S/C16H17ClO2/c1-12(10-18)11-19-16-8-7-14(9-15(16)17)13-5-3-2-4-6-13/h2-9,12,18H,10-11H2,1H3. The van der Waals surface area contributed by atoms with Crippen LogP contribution in [0.1, 0.15) is 6.92 Å². The van der Waals surface area contributed by atoms with Gasteiger partial charge in [-0.1, -0.05) is 54.9 Å². The molecular weight excluding hydrogens is 260 g/mol. The molecule has 0 amide bonds. The third-order valence-electron chi connectivity index (χ3n) is 2.87. The molecule has 2 rings (SSSR count). The molecule has 0 heterocycles. The van der Waals surface area contributed by atoms with Crippen LogP contribution in [0.3, 0.4) is 0 Å².